The Morgan fingerprint density at radius 1 is 1.26 bits per heavy atom. The molecule has 1 aliphatic heterocycles. The molecule has 1 saturated heterocycles. The number of amides is 1. The van der Waals surface area contributed by atoms with Crippen LogP contribution in [0.4, 0.5) is 10.1 Å². The number of anilines is 2. The van der Waals surface area contributed by atoms with Crippen LogP contribution in [0.5, 0.6) is 5.75 Å². The van der Waals surface area contributed by atoms with Crippen LogP contribution in [0.2, 0.25) is 0 Å². The number of nitrogens with zero attached hydrogens (tertiary/aromatic N) is 2. The molecule has 1 amide bonds. The molecule has 3 heterocycles. The first-order valence-corrected chi connectivity index (χ1v) is 9.95. The van der Waals surface area contributed by atoms with E-state index in [0.29, 0.717) is 23.7 Å². The Labute approximate surface area is 163 Å². The van der Waals surface area contributed by atoms with Crippen molar-refractivity contribution in [2.24, 2.45) is 5.92 Å². The molecule has 1 aromatic carbocycles. The molecule has 4 rings (SSSR count). The summed E-state index contributed by atoms with van der Waals surface area (Å²) in [5.74, 6) is 0.0880. The summed E-state index contributed by atoms with van der Waals surface area (Å²) >= 11 is 2.91. The number of methoxy groups -OCH3 is 2. The maximum atomic E-state index is 12.5. The van der Waals surface area contributed by atoms with Crippen LogP contribution in [-0.2, 0) is 9.53 Å². The molecule has 27 heavy (non-hydrogen) atoms. The summed E-state index contributed by atoms with van der Waals surface area (Å²) in [6.07, 6.45) is 0. The third-order valence-corrected chi connectivity index (χ3v) is 6.34. The SMILES string of the molecule is COC(=O)c1ccsc1NC(=O)C1CN(c2nc3cc(OC)ccc3s2)C1. The third kappa shape index (κ3) is 3.35. The first-order valence-electron chi connectivity index (χ1n) is 8.25. The number of aromatic nitrogens is 1. The number of esters is 1. The standard InChI is InChI=1S/C18H17N3O4S2/c1-24-11-3-4-14-13(7-11)19-18(27-14)21-8-10(9-21)15(22)20-16-12(5-6-26-16)17(23)25-2/h3-7,10H,8-9H2,1-2H3,(H,20,22). The van der Waals surface area contributed by atoms with Gasteiger partial charge in [0.05, 0.1) is 35.9 Å². The summed E-state index contributed by atoms with van der Waals surface area (Å²) in [7, 11) is 2.95. The van der Waals surface area contributed by atoms with Gasteiger partial charge in [0.25, 0.3) is 0 Å². The predicted molar refractivity (Wildman–Crippen MR) is 106 cm³/mol. The van der Waals surface area contributed by atoms with Gasteiger partial charge in [-0.1, -0.05) is 11.3 Å². The number of benzene rings is 1. The largest absolute Gasteiger partial charge is 0.497 e. The summed E-state index contributed by atoms with van der Waals surface area (Å²) in [5, 5.41) is 6.02. The molecule has 1 aliphatic rings. The summed E-state index contributed by atoms with van der Waals surface area (Å²) < 4.78 is 11.0. The molecule has 3 aromatic rings. The van der Waals surface area contributed by atoms with E-state index in [1.54, 1.807) is 29.9 Å². The predicted octanol–water partition coefficient (Wildman–Crippen LogP) is 3.23. The van der Waals surface area contributed by atoms with Gasteiger partial charge in [-0.2, -0.15) is 0 Å². The van der Waals surface area contributed by atoms with E-state index in [2.05, 4.69) is 15.2 Å². The van der Waals surface area contributed by atoms with Gasteiger partial charge in [0, 0.05) is 19.2 Å². The Morgan fingerprint density at radius 3 is 2.81 bits per heavy atom. The van der Waals surface area contributed by atoms with Crippen molar-refractivity contribution in [3.63, 3.8) is 0 Å². The zero-order valence-electron chi connectivity index (χ0n) is 14.7. The van der Waals surface area contributed by atoms with Crippen LogP contribution in [0.15, 0.2) is 29.6 Å². The van der Waals surface area contributed by atoms with Crippen LogP contribution in [0.3, 0.4) is 0 Å². The fourth-order valence-corrected chi connectivity index (χ4v) is 4.59. The smallest absolute Gasteiger partial charge is 0.340 e. The molecular weight excluding hydrogens is 386 g/mol. The van der Waals surface area contributed by atoms with Crippen LogP contribution in [0.1, 0.15) is 10.4 Å². The van der Waals surface area contributed by atoms with Crippen LogP contribution < -0.4 is 15.0 Å². The molecule has 9 heteroatoms. The number of rotatable bonds is 5. The average Bonchev–Trinajstić information content (AvgIpc) is 3.25. The minimum absolute atomic E-state index is 0.0957. The number of nitrogens with one attached hydrogen (secondary N) is 1. The lowest BCUT2D eigenvalue weighted by molar-refractivity contribution is -0.120. The number of hydrogen-bond acceptors (Lipinski definition) is 8. The van der Waals surface area contributed by atoms with Gasteiger partial charge in [0.1, 0.15) is 10.8 Å². The quantitative estimate of drug-likeness (QED) is 0.659. The second kappa shape index (κ2) is 7.16. The molecule has 0 saturated carbocycles. The van der Waals surface area contributed by atoms with Crippen molar-refractivity contribution in [3.05, 3.63) is 35.2 Å². The van der Waals surface area contributed by atoms with E-state index < -0.39 is 5.97 Å². The number of hydrogen-bond donors (Lipinski definition) is 1. The maximum absolute atomic E-state index is 12.5. The van der Waals surface area contributed by atoms with E-state index in [0.717, 1.165) is 21.1 Å². The van der Waals surface area contributed by atoms with Crippen molar-refractivity contribution in [1.82, 2.24) is 4.98 Å². The van der Waals surface area contributed by atoms with Crippen LogP contribution in [-0.4, -0.2) is 44.2 Å². The Balaban J connectivity index is 1.40. The lowest BCUT2D eigenvalue weighted by Gasteiger charge is -2.37. The van der Waals surface area contributed by atoms with Gasteiger partial charge in [0.2, 0.25) is 5.91 Å². The highest BCUT2D eigenvalue weighted by atomic mass is 32.1. The topological polar surface area (TPSA) is 80.8 Å². The highest BCUT2D eigenvalue weighted by molar-refractivity contribution is 7.22. The van der Waals surface area contributed by atoms with E-state index in [1.807, 2.05) is 18.2 Å². The molecule has 7 nitrogen and oxygen atoms in total. The van der Waals surface area contributed by atoms with Gasteiger partial charge < -0.3 is 19.7 Å². The lowest BCUT2D eigenvalue weighted by Crippen LogP contribution is -2.52. The molecule has 0 unspecified atom stereocenters. The van der Waals surface area contributed by atoms with Crippen molar-refractivity contribution in [1.29, 1.82) is 0 Å². The van der Waals surface area contributed by atoms with Gasteiger partial charge in [-0.05, 0) is 23.6 Å². The minimum atomic E-state index is -0.452. The van der Waals surface area contributed by atoms with Crippen molar-refractivity contribution in [2.45, 2.75) is 0 Å². The zero-order chi connectivity index (χ0) is 19.0. The van der Waals surface area contributed by atoms with Gasteiger partial charge >= 0.3 is 5.97 Å². The lowest BCUT2D eigenvalue weighted by atomic mass is 10.0. The number of thiophene rings is 1. The second-order valence-electron chi connectivity index (χ2n) is 6.08. The number of thiazole rings is 1. The monoisotopic (exact) mass is 403 g/mol. The third-order valence-electron chi connectivity index (χ3n) is 4.41. The van der Waals surface area contributed by atoms with Crippen molar-refractivity contribution in [2.75, 3.05) is 37.5 Å². The van der Waals surface area contributed by atoms with E-state index in [1.165, 1.54) is 18.4 Å². The van der Waals surface area contributed by atoms with Gasteiger partial charge in [0.15, 0.2) is 5.13 Å². The Kier molecular flexibility index (Phi) is 4.71. The van der Waals surface area contributed by atoms with E-state index in [9.17, 15) is 9.59 Å². The van der Waals surface area contributed by atoms with Crippen LogP contribution in [0.25, 0.3) is 10.2 Å². The first-order chi connectivity index (χ1) is 13.1. The Bertz CT molecular complexity index is 1010. The summed E-state index contributed by atoms with van der Waals surface area (Å²) in [4.78, 5) is 30.9. The maximum Gasteiger partial charge on any atom is 0.340 e. The first kappa shape index (κ1) is 17.7. The van der Waals surface area contributed by atoms with Crippen molar-refractivity contribution in [3.8, 4) is 5.75 Å². The van der Waals surface area contributed by atoms with Crippen molar-refractivity contribution >= 4 is 54.9 Å². The molecule has 0 atom stereocenters. The Morgan fingerprint density at radius 2 is 2.07 bits per heavy atom. The summed E-state index contributed by atoms with van der Waals surface area (Å²) in [6, 6.07) is 7.46. The summed E-state index contributed by atoms with van der Waals surface area (Å²) in [5.41, 5.74) is 1.27. The minimum Gasteiger partial charge on any atom is -0.497 e. The molecule has 0 spiro atoms. The molecule has 1 fully saturated rings. The van der Waals surface area contributed by atoms with E-state index in [4.69, 9.17) is 9.47 Å². The summed E-state index contributed by atoms with van der Waals surface area (Å²) in [6.45, 7) is 1.20. The number of ether oxygens (including phenoxy) is 2. The normalized spacial score (nSPS) is 14.1. The van der Waals surface area contributed by atoms with E-state index >= 15 is 0 Å². The van der Waals surface area contributed by atoms with Crippen molar-refractivity contribution < 1.29 is 19.1 Å². The van der Waals surface area contributed by atoms with E-state index in [-0.39, 0.29) is 11.8 Å². The molecule has 1 N–H and O–H groups in total. The average molecular weight is 403 g/mol. The fraction of sp³-hybridized carbons (Fsp3) is 0.278. The zero-order valence-corrected chi connectivity index (χ0v) is 16.4. The molecule has 2 aromatic heterocycles. The highest BCUT2D eigenvalue weighted by Crippen LogP contribution is 2.35. The van der Waals surface area contributed by atoms with Crippen LogP contribution >= 0.6 is 22.7 Å². The number of fused-ring (bicyclic) bond motifs is 1. The number of carbonyl (C=O) groups is 2. The molecule has 0 bridgehead atoms. The van der Waals surface area contributed by atoms with Crippen LogP contribution in [0, 0.1) is 5.92 Å². The molecule has 0 aliphatic carbocycles. The van der Waals surface area contributed by atoms with Gasteiger partial charge in [-0.15, -0.1) is 11.3 Å². The van der Waals surface area contributed by atoms with Gasteiger partial charge in [-0.25, -0.2) is 9.78 Å². The molecule has 140 valence electrons. The fourth-order valence-electron chi connectivity index (χ4n) is 2.85. The van der Waals surface area contributed by atoms with Gasteiger partial charge in [-0.3, -0.25) is 4.79 Å². The molecule has 0 radical (unpaired) electrons. The highest BCUT2D eigenvalue weighted by Gasteiger charge is 2.35. The number of carbonyl (C=O) groups excluding carboxylic acids is 2. The molecular formula is C18H17N3O4S2. The Hall–Kier alpha value is -2.65. The second-order valence-corrected chi connectivity index (χ2v) is 8.00.